The van der Waals surface area contributed by atoms with E-state index < -0.39 is 0 Å². The molecule has 4 heteroatoms. The molecule has 2 rings (SSSR count). The van der Waals surface area contributed by atoms with Gasteiger partial charge in [0, 0.05) is 18.8 Å². The molecule has 4 nitrogen and oxygen atoms in total. The SMILES string of the molecule is NCC(N)c1cncn1C1CC1. The highest BCUT2D eigenvalue weighted by Gasteiger charge is 2.26. The van der Waals surface area contributed by atoms with Gasteiger partial charge < -0.3 is 16.0 Å². The van der Waals surface area contributed by atoms with Crippen LogP contribution < -0.4 is 11.5 Å². The van der Waals surface area contributed by atoms with E-state index in [1.807, 2.05) is 12.5 Å². The van der Waals surface area contributed by atoms with Crippen LogP contribution in [0, 0.1) is 0 Å². The van der Waals surface area contributed by atoms with Gasteiger partial charge in [-0.3, -0.25) is 0 Å². The fourth-order valence-corrected chi connectivity index (χ4v) is 1.38. The smallest absolute Gasteiger partial charge is 0.0951 e. The Kier molecular flexibility index (Phi) is 1.86. The van der Waals surface area contributed by atoms with Crippen LogP contribution >= 0.6 is 0 Å². The van der Waals surface area contributed by atoms with Gasteiger partial charge in [0.15, 0.2) is 0 Å². The van der Waals surface area contributed by atoms with Crippen molar-refractivity contribution < 1.29 is 0 Å². The minimum atomic E-state index is -0.0619. The number of hydrogen-bond acceptors (Lipinski definition) is 3. The van der Waals surface area contributed by atoms with E-state index in [-0.39, 0.29) is 6.04 Å². The first-order valence-corrected chi connectivity index (χ1v) is 4.30. The first-order chi connectivity index (χ1) is 5.83. The average Bonchev–Trinajstić information content (AvgIpc) is 2.83. The third-order valence-corrected chi connectivity index (χ3v) is 2.27. The largest absolute Gasteiger partial charge is 0.330 e. The Bertz CT molecular complexity index is 264. The second kappa shape index (κ2) is 2.88. The van der Waals surface area contributed by atoms with Crippen LogP contribution in [0.2, 0.25) is 0 Å². The third-order valence-electron chi connectivity index (χ3n) is 2.27. The van der Waals surface area contributed by atoms with Gasteiger partial charge in [0.1, 0.15) is 0 Å². The predicted octanol–water partition coefficient (Wildman–Crippen LogP) is 0.176. The summed E-state index contributed by atoms with van der Waals surface area (Å²) in [6, 6.07) is 0.577. The van der Waals surface area contributed by atoms with Crippen LogP contribution in [0.5, 0.6) is 0 Å². The highest BCUT2D eigenvalue weighted by molar-refractivity contribution is 5.08. The zero-order chi connectivity index (χ0) is 8.55. The van der Waals surface area contributed by atoms with Gasteiger partial charge in [-0.15, -0.1) is 0 Å². The van der Waals surface area contributed by atoms with Crippen molar-refractivity contribution in [1.82, 2.24) is 9.55 Å². The number of nitrogens with zero attached hydrogens (tertiary/aromatic N) is 2. The highest BCUT2D eigenvalue weighted by Crippen LogP contribution is 2.36. The summed E-state index contributed by atoms with van der Waals surface area (Å²) in [6.07, 6.45) is 6.17. The van der Waals surface area contributed by atoms with Crippen molar-refractivity contribution in [2.45, 2.75) is 24.9 Å². The van der Waals surface area contributed by atoms with Crippen LogP contribution in [-0.4, -0.2) is 16.1 Å². The summed E-state index contributed by atoms with van der Waals surface area (Å²) in [6.45, 7) is 0.485. The molecule has 1 aliphatic carbocycles. The maximum absolute atomic E-state index is 5.82. The quantitative estimate of drug-likeness (QED) is 0.672. The van der Waals surface area contributed by atoms with Gasteiger partial charge in [0.2, 0.25) is 0 Å². The number of rotatable bonds is 3. The second-order valence-electron chi connectivity index (χ2n) is 3.30. The van der Waals surface area contributed by atoms with E-state index in [1.54, 1.807) is 0 Å². The number of hydrogen-bond donors (Lipinski definition) is 2. The van der Waals surface area contributed by atoms with Crippen molar-refractivity contribution in [3.63, 3.8) is 0 Å². The summed E-state index contributed by atoms with van der Waals surface area (Å²) >= 11 is 0. The highest BCUT2D eigenvalue weighted by atomic mass is 15.1. The van der Waals surface area contributed by atoms with Gasteiger partial charge in [-0.25, -0.2) is 4.98 Å². The van der Waals surface area contributed by atoms with E-state index in [4.69, 9.17) is 11.5 Å². The Balaban J connectivity index is 2.23. The molecule has 0 radical (unpaired) electrons. The Labute approximate surface area is 71.6 Å². The molecular formula is C8H14N4. The topological polar surface area (TPSA) is 69.9 Å². The molecule has 66 valence electrons. The maximum Gasteiger partial charge on any atom is 0.0951 e. The second-order valence-corrected chi connectivity index (χ2v) is 3.30. The van der Waals surface area contributed by atoms with Gasteiger partial charge in [0.05, 0.1) is 18.1 Å². The standard InChI is InChI=1S/C8H14N4/c9-3-7(10)8-4-11-5-12(8)6-1-2-6/h4-7H,1-3,9-10H2. The fraction of sp³-hybridized carbons (Fsp3) is 0.625. The lowest BCUT2D eigenvalue weighted by Crippen LogP contribution is -2.23. The lowest BCUT2D eigenvalue weighted by Gasteiger charge is -2.11. The van der Waals surface area contributed by atoms with Crippen LogP contribution in [0.1, 0.15) is 30.6 Å². The van der Waals surface area contributed by atoms with E-state index in [0.717, 1.165) is 5.69 Å². The van der Waals surface area contributed by atoms with E-state index in [0.29, 0.717) is 12.6 Å². The Morgan fingerprint density at radius 1 is 1.67 bits per heavy atom. The lowest BCUT2D eigenvalue weighted by atomic mass is 10.2. The summed E-state index contributed by atoms with van der Waals surface area (Å²) in [4.78, 5) is 4.08. The monoisotopic (exact) mass is 166 g/mol. The molecular weight excluding hydrogens is 152 g/mol. The average molecular weight is 166 g/mol. The zero-order valence-electron chi connectivity index (χ0n) is 6.98. The Morgan fingerprint density at radius 3 is 3.00 bits per heavy atom. The maximum atomic E-state index is 5.82. The van der Waals surface area contributed by atoms with Gasteiger partial charge in [-0.2, -0.15) is 0 Å². The van der Waals surface area contributed by atoms with Crippen LogP contribution in [0.25, 0.3) is 0 Å². The summed E-state index contributed by atoms with van der Waals surface area (Å²) in [5.74, 6) is 0. The van der Waals surface area contributed by atoms with Crippen molar-refractivity contribution >= 4 is 0 Å². The molecule has 0 saturated heterocycles. The molecule has 0 aliphatic heterocycles. The van der Waals surface area contributed by atoms with Crippen LogP contribution in [0.4, 0.5) is 0 Å². The van der Waals surface area contributed by atoms with Crippen LogP contribution in [0.3, 0.4) is 0 Å². The van der Waals surface area contributed by atoms with E-state index in [1.165, 1.54) is 12.8 Å². The van der Waals surface area contributed by atoms with Crippen LogP contribution in [0.15, 0.2) is 12.5 Å². The third kappa shape index (κ3) is 1.23. The van der Waals surface area contributed by atoms with E-state index in [9.17, 15) is 0 Å². The van der Waals surface area contributed by atoms with Crippen molar-refractivity contribution in [3.05, 3.63) is 18.2 Å². The molecule has 0 spiro atoms. The number of imidazole rings is 1. The molecule has 1 aromatic rings. The summed E-state index contributed by atoms with van der Waals surface area (Å²) in [5.41, 5.74) is 12.4. The molecule has 1 unspecified atom stereocenters. The Morgan fingerprint density at radius 2 is 2.42 bits per heavy atom. The molecule has 0 aromatic carbocycles. The molecule has 1 saturated carbocycles. The lowest BCUT2D eigenvalue weighted by molar-refractivity contribution is 0.619. The Hall–Kier alpha value is -0.870. The van der Waals surface area contributed by atoms with E-state index in [2.05, 4.69) is 9.55 Å². The first kappa shape index (κ1) is 7.76. The predicted molar refractivity (Wildman–Crippen MR) is 46.5 cm³/mol. The number of nitrogens with two attached hydrogens (primary N) is 2. The molecule has 1 fully saturated rings. The van der Waals surface area contributed by atoms with Crippen molar-refractivity contribution in [2.75, 3.05) is 6.54 Å². The van der Waals surface area contributed by atoms with Gasteiger partial charge in [0.25, 0.3) is 0 Å². The minimum absolute atomic E-state index is 0.0619. The molecule has 0 bridgehead atoms. The molecule has 1 atom stereocenters. The minimum Gasteiger partial charge on any atom is -0.330 e. The van der Waals surface area contributed by atoms with Crippen molar-refractivity contribution in [2.24, 2.45) is 11.5 Å². The summed E-state index contributed by atoms with van der Waals surface area (Å²) in [5, 5.41) is 0. The molecule has 1 aliphatic rings. The number of aromatic nitrogens is 2. The summed E-state index contributed by atoms with van der Waals surface area (Å²) in [7, 11) is 0. The van der Waals surface area contributed by atoms with Gasteiger partial charge in [-0.05, 0) is 12.8 Å². The van der Waals surface area contributed by atoms with Gasteiger partial charge in [-0.1, -0.05) is 0 Å². The fourth-order valence-electron chi connectivity index (χ4n) is 1.38. The van der Waals surface area contributed by atoms with E-state index >= 15 is 0 Å². The van der Waals surface area contributed by atoms with Crippen molar-refractivity contribution in [1.29, 1.82) is 0 Å². The summed E-state index contributed by atoms with van der Waals surface area (Å²) < 4.78 is 2.15. The van der Waals surface area contributed by atoms with Gasteiger partial charge >= 0.3 is 0 Å². The first-order valence-electron chi connectivity index (χ1n) is 4.30. The normalized spacial score (nSPS) is 19.5. The zero-order valence-corrected chi connectivity index (χ0v) is 6.98. The van der Waals surface area contributed by atoms with Crippen LogP contribution in [-0.2, 0) is 0 Å². The van der Waals surface area contributed by atoms with Crippen molar-refractivity contribution in [3.8, 4) is 0 Å². The molecule has 1 heterocycles. The molecule has 1 aromatic heterocycles. The molecule has 4 N–H and O–H groups in total. The molecule has 0 amide bonds. The molecule has 12 heavy (non-hydrogen) atoms.